The van der Waals surface area contributed by atoms with Crippen molar-refractivity contribution in [3.05, 3.63) is 53.6 Å². The standard InChI is InChI=1S/C16H11ClN2/c1-19-15-9-11(17)7-6-10(15)8-14-16(19)12-4-2-3-5-13(12)18-14/h2-9H,1H3. The molecule has 92 valence electrons. The van der Waals surface area contributed by atoms with Crippen LogP contribution in [0.2, 0.25) is 5.02 Å². The van der Waals surface area contributed by atoms with Gasteiger partial charge >= 0.3 is 0 Å². The maximum absolute atomic E-state index is 6.11. The van der Waals surface area contributed by atoms with Crippen LogP contribution in [0.25, 0.3) is 33.2 Å². The van der Waals surface area contributed by atoms with E-state index in [1.54, 1.807) is 0 Å². The molecule has 0 bridgehead atoms. The van der Waals surface area contributed by atoms with Crippen LogP contribution in [0.3, 0.4) is 0 Å². The van der Waals surface area contributed by atoms with Crippen LogP contribution < -0.4 is 0 Å². The third-order valence-electron chi connectivity index (χ3n) is 3.62. The number of pyridine rings is 1. The summed E-state index contributed by atoms with van der Waals surface area (Å²) in [6, 6.07) is 16.3. The number of benzene rings is 2. The van der Waals surface area contributed by atoms with Gasteiger partial charge in [-0.05, 0) is 24.3 Å². The van der Waals surface area contributed by atoms with Gasteiger partial charge < -0.3 is 4.57 Å². The van der Waals surface area contributed by atoms with Crippen LogP contribution in [-0.4, -0.2) is 9.55 Å². The Balaban J connectivity index is 2.27. The lowest BCUT2D eigenvalue weighted by molar-refractivity contribution is 0.967. The van der Waals surface area contributed by atoms with Crippen molar-refractivity contribution in [2.45, 2.75) is 0 Å². The van der Waals surface area contributed by atoms with Crippen molar-refractivity contribution in [3.63, 3.8) is 0 Å². The summed E-state index contributed by atoms with van der Waals surface area (Å²) in [5.41, 5.74) is 4.34. The number of nitrogens with zero attached hydrogens (tertiary/aromatic N) is 2. The summed E-state index contributed by atoms with van der Waals surface area (Å²) >= 11 is 6.11. The molecule has 4 rings (SSSR count). The summed E-state index contributed by atoms with van der Waals surface area (Å²) < 4.78 is 2.17. The Hall–Kier alpha value is -2.06. The predicted molar refractivity (Wildman–Crippen MR) is 79.9 cm³/mol. The van der Waals surface area contributed by atoms with E-state index in [2.05, 4.69) is 23.7 Å². The zero-order valence-electron chi connectivity index (χ0n) is 10.4. The second-order valence-electron chi connectivity index (χ2n) is 4.77. The quantitative estimate of drug-likeness (QED) is 0.459. The molecule has 2 aliphatic heterocycles. The number of halogens is 1. The van der Waals surface area contributed by atoms with Gasteiger partial charge in [0.1, 0.15) is 0 Å². The highest BCUT2D eigenvalue weighted by atomic mass is 35.5. The molecule has 0 aliphatic carbocycles. The van der Waals surface area contributed by atoms with Crippen LogP contribution >= 0.6 is 11.6 Å². The van der Waals surface area contributed by atoms with Gasteiger partial charge in [-0.2, -0.15) is 0 Å². The Morgan fingerprint density at radius 1 is 1.05 bits per heavy atom. The second-order valence-corrected chi connectivity index (χ2v) is 5.21. The molecule has 19 heavy (non-hydrogen) atoms. The average molecular weight is 267 g/mol. The van der Waals surface area contributed by atoms with Gasteiger partial charge in [-0.1, -0.05) is 35.9 Å². The van der Waals surface area contributed by atoms with E-state index in [1.807, 2.05) is 36.4 Å². The Morgan fingerprint density at radius 3 is 2.79 bits per heavy atom. The minimum atomic E-state index is 0.756. The topological polar surface area (TPSA) is 17.8 Å². The number of hydrogen-bond acceptors (Lipinski definition) is 1. The highest BCUT2D eigenvalue weighted by Crippen LogP contribution is 2.34. The largest absolute Gasteiger partial charge is 0.342 e. The fourth-order valence-electron chi connectivity index (χ4n) is 2.74. The van der Waals surface area contributed by atoms with Crippen LogP contribution in [-0.2, 0) is 7.05 Å². The van der Waals surface area contributed by atoms with E-state index in [1.165, 1.54) is 5.39 Å². The summed E-state index contributed by atoms with van der Waals surface area (Å²) in [6.07, 6.45) is 0. The summed E-state index contributed by atoms with van der Waals surface area (Å²) in [6.45, 7) is 0. The monoisotopic (exact) mass is 266 g/mol. The molecule has 0 aromatic heterocycles. The van der Waals surface area contributed by atoms with Gasteiger partial charge in [-0.25, -0.2) is 4.98 Å². The van der Waals surface area contributed by atoms with Crippen LogP contribution in [0.15, 0.2) is 48.5 Å². The molecule has 0 amide bonds. The second kappa shape index (κ2) is 3.72. The zero-order valence-corrected chi connectivity index (χ0v) is 11.1. The molecule has 2 heterocycles. The van der Waals surface area contributed by atoms with Crippen LogP contribution in [0.1, 0.15) is 0 Å². The lowest BCUT2D eigenvalue weighted by atomic mass is 10.1. The molecule has 0 atom stereocenters. The normalized spacial score (nSPS) is 11.7. The lowest BCUT2D eigenvalue weighted by Gasteiger charge is -2.12. The van der Waals surface area contributed by atoms with E-state index < -0.39 is 0 Å². The highest BCUT2D eigenvalue weighted by molar-refractivity contribution is 6.31. The first-order chi connectivity index (χ1) is 9.24. The van der Waals surface area contributed by atoms with Crippen molar-refractivity contribution in [1.82, 2.24) is 9.55 Å². The van der Waals surface area contributed by atoms with Crippen LogP contribution in [0, 0.1) is 0 Å². The van der Waals surface area contributed by atoms with E-state index in [9.17, 15) is 0 Å². The van der Waals surface area contributed by atoms with E-state index in [0.717, 1.165) is 32.8 Å². The Labute approximate surface area is 115 Å². The molecule has 2 nitrogen and oxygen atoms in total. The van der Waals surface area contributed by atoms with Crippen molar-refractivity contribution < 1.29 is 0 Å². The number of para-hydroxylation sites is 1. The first kappa shape index (κ1) is 10.8. The molecule has 0 radical (unpaired) electrons. The van der Waals surface area contributed by atoms with Gasteiger partial charge in [-0.3, -0.25) is 0 Å². The molecule has 0 unspecified atom stereocenters. The van der Waals surface area contributed by atoms with E-state index in [4.69, 9.17) is 16.6 Å². The molecular formula is C16H11ClN2. The minimum Gasteiger partial charge on any atom is -0.342 e. The van der Waals surface area contributed by atoms with Crippen LogP contribution in [0.5, 0.6) is 0 Å². The lowest BCUT2D eigenvalue weighted by Crippen LogP contribution is -1.98. The Morgan fingerprint density at radius 2 is 1.89 bits per heavy atom. The van der Waals surface area contributed by atoms with Crippen molar-refractivity contribution in [3.8, 4) is 11.4 Å². The summed E-state index contributed by atoms with van der Waals surface area (Å²) in [7, 11) is 2.06. The average Bonchev–Trinajstić information content (AvgIpc) is 2.78. The smallest absolute Gasteiger partial charge is 0.0887 e. The molecule has 0 spiro atoms. The Bertz CT molecular complexity index is 892. The first-order valence-electron chi connectivity index (χ1n) is 6.17. The molecular weight excluding hydrogens is 256 g/mol. The number of aromatic nitrogens is 2. The van der Waals surface area contributed by atoms with Gasteiger partial charge in [0.25, 0.3) is 0 Å². The summed E-state index contributed by atoms with van der Waals surface area (Å²) in [5, 5.41) is 3.09. The summed E-state index contributed by atoms with van der Waals surface area (Å²) in [4.78, 5) is 4.69. The van der Waals surface area contributed by atoms with Gasteiger partial charge in [0.15, 0.2) is 0 Å². The minimum absolute atomic E-state index is 0.756. The van der Waals surface area contributed by atoms with E-state index in [0.29, 0.717) is 0 Å². The maximum Gasteiger partial charge on any atom is 0.0887 e. The molecule has 2 aromatic rings. The van der Waals surface area contributed by atoms with E-state index in [-0.39, 0.29) is 0 Å². The fraction of sp³-hybridized carbons (Fsp3) is 0.0625. The zero-order chi connectivity index (χ0) is 13.0. The molecule has 0 fully saturated rings. The number of fused-ring (bicyclic) bond motifs is 4. The number of hydrogen-bond donors (Lipinski definition) is 0. The first-order valence-corrected chi connectivity index (χ1v) is 6.55. The highest BCUT2D eigenvalue weighted by Gasteiger charge is 2.15. The van der Waals surface area contributed by atoms with Gasteiger partial charge in [-0.15, -0.1) is 0 Å². The maximum atomic E-state index is 6.11. The molecule has 0 N–H and O–H groups in total. The van der Waals surface area contributed by atoms with Crippen molar-refractivity contribution >= 4 is 33.4 Å². The molecule has 0 saturated carbocycles. The van der Waals surface area contributed by atoms with Gasteiger partial charge in [0, 0.05) is 28.4 Å². The predicted octanol–water partition coefficient (Wildman–Crippen LogP) is 4.48. The summed E-state index contributed by atoms with van der Waals surface area (Å²) in [5.74, 6) is 0. The molecule has 2 aromatic carbocycles. The molecule has 3 heteroatoms. The van der Waals surface area contributed by atoms with E-state index >= 15 is 0 Å². The van der Waals surface area contributed by atoms with Crippen molar-refractivity contribution in [2.75, 3.05) is 0 Å². The fourth-order valence-corrected chi connectivity index (χ4v) is 2.91. The van der Waals surface area contributed by atoms with Crippen molar-refractivity contribution in [1.29, 1.82) is 0 Å². The third kappa shape index (κ3) is 1.47. The molecule has 0 saturated heterocycles. The van der Waals surface area contributed by atoms with Gasteiger partial charge in [0.05, 0.1) is 16.9 Å². The SMILES string of the molecule is Cn1c2c3ccccc3nc-2cc2ccc(Cl)cc21. The molecule has 2 aliphatic rings. The number of aryl methyl sites for hydroxylation is 1. The van der Waals surface area contributed by atoms with Gasteiger partial charge in [0.2, 0.25) is 0 Å². The number of rotatable bonds is 0. The Kier molecular flexibility index (Phi) is 2.12. The van der Waals surface area contributed by atoms with Crippen molar-refractivity contribution in [2.24, 2.45) is 7.05 Å². The van der Waals surface area contributed by atoms with Crippen LogP contribution in [0.4, 0.5) is 0 Å². The third-order valence-corrected chi connectivity index (χ3v) is 3.86.